The number of hydrogen-bond acceptors (Lipinski definition) is 4. The van der Waals surface area contributed by atoms with Gasteiger partial charge in [0.15, 0.2) is 6.10 Å². The first-order valence-electron chi connectivity index (χ1n) is 5.94. The highest BCUT2D eigenvalue weighted by atomic mass is 16.5. The van der Waals surface area contributed by atoms with E-state index in [1.807, 2.05) is 6.07 Å². The van der Waals surface area contributed by atoms with Crippen molar-refractivity contribution in [1.82, 2.24) is 4.90 Å². The molecule has 6 heteroatoms. The fraction of sp³-hybridized carbons (Fsp3) is 0.385. The standard InChI is InChI=1S/C13H15N3O3/c1-18-11-4-2-3-10(7-11)15-13(17)16-5-6-19-12(8-14)9-16/h2-4,7,12H,5-6,9H2,1H3,(H,15,17). The van der Waals surface area contributed by atoms with Crippen molar-refractivity contribution >= 4 is 11.7 Å². The minimum Gasteiger partial charge on any atom is -0.497 e. The molecule has 0 bridgehead atoms. The third-order valence-electron chi connectivity index (χ3n) is 2.82. The van der Waals surface area contributed by atoms with Gasteiger partial charge in [0, 0.05) is 18.3 Å². The average Bonchev–Trinajstić information content (AvgIpc) is 2.47. The second kappa shape index (κ2) is 6.07. The maximum absolute atomic E-state index is 12.0. The van der Waals surface area contributed by atoms with Crippen molar-refractivity contribution in [3.63, 3.8) is 0 Å². The van der Waals surface area contributed by atoms with Crippen LogP contribution in [0.5, 0.6) is 5.75 Å². The summed E-state index contributed by atoms with van der Waals surface area (Å²) in [6, 6.07) is 8.88. The zero-order chi connectivity index (χ0) is 13.7. The van der Waals surface area contributed by atoms with Crippen LogP contribution in [0.3, 0.4) is 0 Å². The Labute approximate surface area is 111 Å². The molecular weight excluding hydrogens is 246 g/mol. The molecule has 1 saturated heterocycles. The molecule has 19 heavy (non-hydrogen) atoms. The molecule has 0 spiro atoms. The number of nitrogens with zero attached hydrogens (tertiary/aromatic N) is 2. The van der Waals surface area contributed by atoms with Gasteiger partial charge in [0.2, 0.25) is 0 Å². The van der Waals surface area contributed by atoms with E-state index in [-0.39, 0.29) is 12.6 Å². The lowest BCUT2D eigenvalue weighted by molar-refractivity contribution is 0.0181. The third kappa shape index (κ3) is 3.36. The van der Waals surface area contributed by atoms with Crippen molar-refractivity contribution in [2.75, 3.05) is 32.1 Å². The van der Waals surface area contributed by atoms with Gasteiger partial charge in [0.1, 0.15) is 5.75 Å². The van der Waals surface area contributed by atoms with Crippen LogP contribution in [0, 0.1) is 11.3 Å². The molecule has 1 aromatic rings. The van der Waals surface area contributed by atoms with E-state index in [1.54, 1.807) is 36.3 Å². The molecule has 1 atom stereocenters. The Bertz CT molecular complexity index is 498. The fourth-order valence-corrected chi connectivity index (χ4v) is 1.82. The highest BCUT2D eigenvalue weighted by Gasteiger charge is 2.23. The Hall–Kier alpha value is -2.26. The number of carbonyl (C=O) groups excluding carboxylic acids is 1. The van der Waals surface area contributed by atoms with E-state index in [4.69, 9.17) is 14.7 Å². The normalized spacial score (nSPS) is 18.5. The SMILES string of the molecule is COc1cccc(NC(=O)N2CCOC(C#N)C2)c1. The monoisotopic (exact) mass is 261 g/mol. The van der Waals surface area contributed by atoms with Crippen molar-refractivity contribution in [1.29, 1.82) is 5.26 Å². The summed E-state index contributed by atoms with van der Waals surface area (Å²) in [5.74, 6) is 0.676. The summed E-state index contributed by atoms with van der Waals surface area (Å²) < 4.78 is 10.3. The number of morpholine rings is 1. The summed E-state index contributed by atoms with van der Waals surface area (Å²) in [5.41, 5.74) is 0.657. The lowest BCUT2D eigenvalue weighted by Gasteiger charge is -2.29. The number of ether oxygens (including phenoxy) is 2. The van der Waals surface area contributed by atoms with Crippen molar-refractivity contribution in [3.8, 4) is 11.8 Å². The van der Waals surface area contributed by atoms with Gasteiger partial charge in [-0.15, -0.1) is 0 Å². The van der Waals surface area contributed by atoms with E-state index in [9.17, 15) is 4.79 Å². The Morgan fingerprint density at radius 1 is 1.63 bits per heavy atom. The van der Waals surface area contributed by atoms with Crippen LogP contribution in [0.2, 0.25) is 0 Å². The number of nitrogens with one attached hydrogen (secondary N) is 1. The van der Waals surface area contributed by atoms with Crippen LogP contribution in [0.4, 0.5) is 10.5 Å². The summed E-state index contributed by atoms with van der Waals surface area (Å²) in [6.45, 7) is 1.14. The maximum Gasteiger partial charge on any atom is 0.322 e. The van der Waals surface area contributed by atoms with Crippen molar-refractivity contribution in [2.24, 2.45) is 0 Å². The quantitative estimate of drug-likeness (QED) is 0.874. The van der Waals surface area contributed by atoms with Crippen LogP contribution in [0.1, 0.15) is 0 Å². The first-order valence-corrected chi connectivity index (χ1v) is 5.94. The molecule has 0 radical (unpaired) electrons. The summed E-state index contributed by atoms with van der Waals surface area (Å²) in [5, 5.41) is 11.6. The molecule has 2 rings (SSSR count). The molecule has 0 aliphatic carbocycles. The number of amides is 2. The van der Waals surface area contributed by atoms with Gasteiger partial charge < -0.3 is 19.7 Å². The largest absolute Gasteiger partial charge is 0.497 e. The Balaban J connectivity index is 1.98. The number of urea groups is 1. The summed E-state index contributed by atoms with van der Waals surface area (Å²) >= 11 is 0. The first-order chi connectivity index (χ1) is 9.22. The van der Waals surface area contributed by atoms with E-state index < -0.39 is 6.10 Å². The van der Waals surface area contributed by atoms with Crippen LogP contribution >= 0.6 is 0 Å². The van der Waals surface area contributed by atoms with Gasteiger partial charge in [-0.1, -0.05) is 6.07 Å². The number of anilines is 1. The smallest absolute Gasteiger partial charge is 0.322 e. The molecule has 0 saturated carbocycles. The molecule has 100 valence electrons. The van der Waals surface area contributed by atoms with Gasteiger partial charge >= 0.3 is 6.03 Å². The maximum atomic E-state index is 12.0. The summed E-state index contributed by atoms with van der Waals surface area (Å²) in [7, 11) is 1.57. The number of carbonyl (C=O) groups is 1. The fourth-order valence-electron chi connectivity index (χ4n) is 1.82. The predicted molar refractivity (Wildman–Crippen MR) is 68.9 cm³/mol. The van der Waals surface area contributed by atoms with Crippen molar-refractivity contribution in [3.05, 3.63) is 24.3 Å². The van der Waals surface area contributed by atoms with Crippen molar-refractivity contribution < 1.29 is 14.3 Å². The molecule has 1 N–H and O–H groups in total. The van der Waals surface area contributed by atoms with Gasteiger partial charge in [-0.05, 0) is 12.1 Å². The molecule has 1 heterocycles. The highest BCUT2D eigenvalue weighted by Crippen LogP contribution is 2.17. The number of hydrogen-bond donors (Lipinski definition) is 1. The first kappa shape index (κ1) is 13.2. The van der Waals surface area contributed by atoms with Crippen LogP contribution < -0.4 is 10.1 Å². The van der Waals surface area contributed by atoms with Gasteiger partial charge in [-0.3, -0.25) is 0 Å². The molecule has 1 fully saturated rings. The second-order valence-corrected chi connectivity index (χ2v) is 4.10. The minimum absolute atomic E-state index is 0.239. The van der Waals surface area contributed by atoms with E-state index in [0.29, 0.717) is 24.6 Å². The molecular formula is C13H15N3O3. The molecule has 1 aliphatic rings. The van der Waals surface area contributed by atoms with Gasteiger partial charge in [-0.25, -0.2) is 4.79 Å². The number of benzene rings is 1. The van der Waals surface area contributed by atoms with Crippen LogP contribution in [0.15, 0.2) is 24.3 Å². The van der Waals surface area contributed by atoms with Crippen molar-refractivity contribution in [2.45, 2.75) is 6.10 Å². The van der Waals surface area contributed by atoms with Gasteiger partial charge in [0.05, 0.1) is 26.3 Å². The number of methoxy groups -OCH3 is 1. The van der Waals surface area contributed by atoms with E-state index in [0.717, 1.165) is 0 Å². The summed E-state index contributed by atoms with van der Waals surface area (Å²) in [6.07, 6.45) is -0.551. The van der Waals surface area contributed by atoms with Crippen LogP contribution in [-0.2, 0) is 4.74 Å². The summed E-state index contributed by atoms with van der Waals surface area (Å²) in [4.78, 5) is 13.6. The lowest BCUT2D eigenvalue weighted by Crippen LogP contribution is -2.46. The Morgan fingerprint density at radius 2 is 2.47 bits per heavy atom. The molecule has 1 aromatic carbocycles. The second-order valence-electron chi connectivity index (χ2n) is 4.10. The van der Waals surface area contributed by atoms with Gasteiger partial charge in [0.25, 0.3) is 0 Å². The van der Waals surface area contributed by atoms with Crippen LogP contribution in [-0.4, -0.2) is 43.8 Å². The molecule has 6 nitrogen and oxygen atoms in total. The predicted octanol–water partition coefficient (Wildman–Crippen LogP) is 1.45. The van der Waals surface area contributed by atoms with E-state index in [2.05, 4.69) is 5.32 Å². The third-order valence-corrected chi connectivity index (χ3v) is 2.82. The lowest BCUT2D eigenvalue weighted by atomic mass is 10.3. The highest BCUT2D eigenvalue weighted by molar-refractivity contribution is 5.89. The van der Waals surface area contributed by atoms with E-state index >= 15 is 0 Å². The number of nitriles is 1. The Kier molecular flexibility index (Phi) is 4.21. The molecule has 0 aromatic heterocycles. The zero-order valence-corrected chi connectivity index (χ0v) is 10.6. The molecule has 1 unspecified atom stereocenters. The minimum atomic E-state index is -0.551. The Morgan fingerprint density at radius 3 is 3.21 bits per heavy atom. The molecule has 1 aliphatic heterocycles. The zero-order valence-electron chi connectivity index (χ0n) is 10.6. The van der Waals surface area contributed by atoms with Crippen LogP contribution in [0.25, 0.3) is 0 Å². The topological polar surface area (TPSA) is 74.6 Å². The van der Waals surface area contributed by atoms with Gasteiger partial charge in [-0.2, -0.15) is 5.26 Å². The average molecular weight is 261 g/mol. The van der Waals surface area contributed by atoms with E-state index in [1.165, 1.54) is 0 Å². The number of rotatable bonds is 2. The molecule has 2 amide bonds.